The van der Waals surface area contributed by atoms with E-state index in [1.165, 1.54) is 0 Å². The van der Waals surface area contributed by atoms with Crippen molar-refractivity contribution in [3.8, 4) is 0 Å². The summed E-state index contributed by atoms with van der Waals surface area (Å²) in [7, 11) is 0. The van der Waals surface area contributed by atoms with E-state index in [1.54, 1.807) is 17.1 Å². The number of ether oxygens (including phenoxy) is 1. The van der Waals surface area contributed by atoms with Gasteiger partial charge >= 0.3 is 0 Å². The molecule has 1 aromatic heterocycles. The van der Waals surface area contributed by atoms with E-state index in [0.717, 1.165) is 6.54 Å². The zero-order valence-electron chi connectivity index (χ0n) is 8.86. The van der Waals surface area contributed by atoms with E-state index in [-0.39, 0.29) is 18.5 Å². The Bertz CT molecular complexity index is 305. The maximum Gasteiger partial charge on any atom is 0.191 e. The molecule has 0 fully saturated rings. The Hall–Kier alpha value is -1.16. The van der Waals surface area contributed by atoms with E-state index in [2.05, 4.69) is 5.10 Å². The van der Waals surface area contributed by atoms with Crippen LogP contribution in [0.3, 0.4) is 0 Å². The van der Waals surface area contributed by atoms with E-state index in [9.17, 15) is 4.79 Å². The molecule has 0 radical (unpaired) electrons. The van der Waals surface area contributed by atoms with Crippen molar-refractivity contribution in [2.45, 2.75) is 33.4 Å². The summed E-state index contributed by atoms with van der Waals surface area (Å²) in [5, 5.41) is 4.02. The predicted molar refractivity (Wildman–Crippen MR) is 53.3 cm³/mol. The molecule has 0 N–H and O–H groups in total. The first-order valence-electron chi connectivity index (χ1n) is 4.80. The van der Waals surface area contributed by atoms with Gasteiger partial charge < -0.3 is 4.74 Å². The largest absolute Gasteiger partial charge is 0.371 e. The fraction of sp³-hybridized carbons (Fsp3) is 0.600. The molecule has 1 heterocycles. The number of Topliss-reactive ketones (excluding diaryl/α,β-unsaturated/α-hetero) is 1. The van der Waals surface area contributed by atoms with E-state index in [0.29, 0.717) is 5.56 Å². The number of ketones is 1. The van der Waals surface area contributed by atoms with E-state index < -0.39 is 0 Å². The minimum absolute atomic E-state index is 0.0154. The molecule has 0 aliphatic rings. The Morgan fingerprint density at radius 1 is 1.64 bits per heavy atom. The number of nitrogens with zero attached hydrogens (tertiary/aromatic N) is 2. The van der Waals surface area contributed by atoms with Crippen LogP contribution in [0.1, 0.15) is 31.1 Å². The van der Waals surface area contributed by atoms with Crippen molar-refractivity contribution in [2.24, 2.45) is 0 Å². The van der Waals surface area contributed by atoms with Crippen LogP contribution in [0.2, 0.25) is 0 Å². The molecule has 0 bridgehead atoms. The molecule has 4 nitrogen and oxygen atoms in total. The Morgan fingerprint density at radius 2 is 2.36 bits per heavy atom. The summed E-state index contributed by atoms with van der Waals surface area (Å²) in [6.45, 7) is 6.70. The molecule has 0 aliphatic heterocycles. The quantitative estimate of drug-likeness (QED) is 0.670. The highest BCUT2D eigenvalue weighted by Gasteiger charge is 2.09. The Balaban J connectivity index is 2.52. The van der Waals surface area contributed by atoms with Crippen molar-refractivity contribution in [3.05, 3.63) is 18.0 Å². The molecule has 0 aromatic carbocycles. The highest BCUT2D eigenvalue weighted by Crippen LogP contribution is 2.00. The van der Waals surface area contributed by atoms with Crippen LogP contribution in [0.5, 0.6) is 0 Å². The third kappa shape index (κ3) is 2.96. The summed E-state index contributed by atoms with van der Waals surface area (Å²) >= 11 is 0. The van der Waals surface area contributed by atoms with E-state index >= 15 is 0 Å². The lowest BCUT2D eigenvalue weighted by molar-refractivity contribution is 0.0584. The van der Waals surface area contributed by atoms with Gasteiger partial charge in [0, 0.05) is 12.7 Å². The third-order valence-electron chi connectivity index (χ3n) is 1.83. The lowest BCUT2D eigenvalue weighted by Crippen LogP contribution is -2.12. The van der Waals surface area contributed by atoms with Crippen molar-refractivity contribution < 1.29 is 9.53 Å². The van der Waals surface area contributed by atoms with Crippen LogP contribution in [-0.4, -0.2) is 28.3 Å². The molecule has 14 heavy (non-hydrogen) atoms. The highest BCUT2D eigenvalue weighted by atomic mass is 16.5. The van der Waals surface area contributed by atoms with Gasteiger partial charge in [0.1, 0.15) is 6.61 Å². The Kier molecular flexibility index (Phi) is 3.83. The first-order valence-corrected chi connectivity index (χ1v) is 4.80. The van der Waals surface area contributed by atoms with Crippen LogP contribution in [-0.2, 0) is 11.3 Å². The average molecular weight is 196 g/mol. The smallest absolute Gasteiger partial charge is 0.191 e. The molecule has 0 unspecified atom stereocenters. The minimum atomic E-state index is -0.0154. The second kappa shape index (κ2) is 4.91. The van der Waals surface area contributed by atoms with Gasteiger partial charge in [-0.2, -0.15) is 5.10 Å². The predicted octanol–water partition coefficient (Wildman–Crippen LogP) is 1.51. The summed E-state index contributed by atoms with van der Waals surface area (Å²) < 4.78 is 6.94. The Labute approximate surface area is 83.9 Å². The second-order valence-electron chi connectivity index (χ2n) is 3.37. The van der Waals surface area contributed by atoms with Crippen molar-refractivity contribution in [2.75, 3.05) is 6.61 Å². The van der Waals surface area contributed by atoms with Crippen molar-refractivity contribution >= 4 is 5.78 Å². The topological polar surface area (TPSA) is 44.1 Å². The summed E-state index contributed by atoms with van der Waals surface area (Å²) in [5.41, 5.74) is 0.618. The highest BCUT2D eigenvalue weighted by molar-refractivity contribution is 5.96. The first-order chi connectivity index (χ1) is 6.63. The van der Waals surface area contributed by atoms with Crippen molar-refractivity contribution in [1.82, 2.24) is 9.78 Å². The molecule has 0 atom stereocenters. The molecular formula is C10H16N2O2. The number of aromatic nitrogens is 2. The van der Waals surface area contributed by atoms with Gasteiger partial charge in [0.05, 0.1) is 17.9 Å². The molecule has 0 spiro atoms. The van der Waals surface area contributed by atoms with Crippen LogP contribution >= 0.6 is 0 Å². The monoisotopic (exact) mass is 196 g/mol. The van der Waals surface area contributed by atoms with Crippen LogP contribution in [0.4, 0.5) is 0 Å². The van der Waals surface area contributed by atoms with Crippen molar-refractivity contribution in [3.63, 3.8) is 0 Å². The first kappa shape index (κ1) is 10.9. The number of hydrogen-bond acceptors (Lipinski definition) is 3. The third-order valence-corrected chi connectivity index (χ3v) is 1.83. The lowest BCUT2D eigenvalue weighted by Gasteiger charge is -2.04. The van der Waals surface area contributed by atoms with Gasteiger partial charge in [-0.15, -0.1) is 0 Å². The summed E-state index contributed by atoms with van der Waals surface area (Å²) in [5.74, 6) is -0.0154. The number of carbonyl (C=O) groups is 1. The molecule has 1 rings (SSSR count). The maximum atomic E-state index is 11.5. The fourth-order valence-corrected chi connectivity index (χ4v) is 1.01. The van der Waals surface area contributed by atoms with Gasteiger partial charge in [-0.05, 0) is 20.8 Å². The van der Waals surface area contributed by atoms with Crippen LogP contribution in [0.15, 0.2) is 12.4 Å². The normalized spacial score (nSPS) is 10.9. The Morgan fingerprint density at radius 3 is 2.86 bits per heavy atom. The lowest BCUT2D eigenvalue weighted by atomic mass is 10.2. The molecule has 0 saturated carbocycles. The van der Waals surface area contributed by atoms with Crippen molar-refractivity contribution in [1.29, 1.82) is 0 Å². The molecule has 78 valence electrons. The van der Waals surface area contributed by atoms with Gasteiger partial charge in [-0.3, -0.25) is 9.48 Å². The molecule has 0 aliphatic carbocycles. The van der Waals surface area contributed by atoms with Crippen LogP contribution in [0.25, 0.3) is 0 Å². The average Bonchev–Trinajstić information content (AvgIpc) is 2.62. The van der Waals surface area contributed by atoms with E-state index in [1.807, 2.05) is 20.8 Å². The van der Waals surface area contributed by atoms with Crippen LogP contribution in [0, 0.1) is 0 Å². The molecule has 4 heteroatoms. The summed E-state index contributed by atoms with van der Waals surface area (Å²) in [6, 6.07) is 0. The zero-order valence-corrected chi connectivity index (χ0v) is 8.86. The minimum Gasteiger partial charge on any atom is -0.371 e. The molecule has 0 amide bonds. The molecule has 0 saturated heterocycles. The molecule has 1 aromatic rings. The number of rotatable bonds is 5. The number of aryl methyl sites for hydroxylation is 1. The number of hydrogen-bond donors (Lipinski definition) is 0. The standard InChI is InChI=1S/C10H16N2O2/c1-4-12-6-9(5-11-12)10(13)7-14-8(2)3/h5-6,8H,4,7H2,1-3H3. The van der Waals surface area contributed by atoms with Gasteiger partial charge in [-0.25, -0.2) is 0 Å². The summed E-state index contributed by atoms with van der Waals surface area (Å²) in [4.78, 5) is 11.5. The second-order valence-corrected chi connectivity index (χ2v) is 3.37. The summed E-state index contributed by atoms with van der Waals surface area (Å²) in [6.07, 6.45) is 3.40. The van der Waals surface area contributed by atoms with Crippen LogP contribution < -0.4 is 0 Å². The van der Waals surface area contributed by atoms with Gasteiger partial charge in [0.25, 0.3) is 0 Å². The van der Waals surface area contributed by atoms with E-state index in [4.69, 9.17) is 4.74 Å². The maximum absolute atomic E-state index is 11.5. The zero-order chi connectivity index (χ0) is 10.6. The molecular weight excluding hydrogens is 180 g/mol. The number of carbonyl (C=O) groups excluding carboxylic acids is 1. The van der Waals surface area contributed by atoms with Gasteiger partial charge in [0.15, 0.2) is 5.78 Å². The fourth-order valence-electron chi connectivity index (χ4n) is 1.01. The van der Waals surface area contributed by atoms with Gasteiger partial charge in [0.2, 0.25) is 0 Å². The van der Waals surface area contributed by atoms with Gasteiger partial charge in [-0.1, -0.05) is 0 Å². The SMILES string of the molecule is CCn1cc(C(=O)COC(C)C)cn1.